The molecule has 1 aromatic rings. The van der Waals surface area contributed by atoms with Gasteiger partial charge in [0.25, 0.3) is 0 Å². The van der Waals surface area contributed by atoms with Crippen molar-refractivity contribution in [2.24, 2.45) is 29.1 Å². The van der Waals surface area contributed by atoms with Crippen LogP contribution in [-0.4, -0.2) is 66.5 Å². The summed E-state index contributed by atoms with van der Waals surface area (Å²) in [6, 6.07) is 11.4. The van der Waals surface area contributed by atoms with Gasteiger partial charge in [-0.1, -0.05) is 115 Å². The summed E-state index contributed by atoms with van der Waals surface area (Å²) >= 11 is 0. The first-order chi connectivity index (χ1) is 27.4. The van der Waals surface area contributed by atoms with Crippen LogP contribution in [-0.2, 0) is 49.5 Å². The van der Waals surface area contributed by atoms with E-state index in [4.69, 9.17) is 24.1 Å². The predicted molar refractivity (Wildman–Crippen MR) is 216 cm³/mol. The molecule has 2 N–H and O–H groups in total. The molecule has 0 saturated carbocycles. The number of hydrogen-bond donors (Lipinski definition) is 2. The number of carboxylic acids is 1. The Bertz CT molecular complexity index is 1330. The highest BCUT2D eigenvalue weighted by atomic mass is 16.6. The van der Waals surface area contributed by atoms with Crippen LogP contribution in [0.25, 0.3) is 0 Å². The fraction of sp³-hybridized carbons (Fsp3) is 0.733. The van der Waals surface area contributed by atoms with E-state index in [0.29, 0.717) is 32.1 Å². The van der Waals surface area contributed by atoms with Gasteiger partial charge in [0.2, 0.25) is 0 Å². The average Bonchev–Trinajstić information content (AvgIpc) is 3.21. The minimum Gasteiger partial charge on any atom is -0.481 e. The van der Waals surface area contributed by atoms with Gasteiger partial charge in [-0.2, -0.15) is 5.26 Å². The molecule has 0 aliphatic carbocycles. The summed E-state index contributed by atoms with van der Waals surface area (Å²) in [6.45, 7) is 7.32. The molecule has 0 amide bonds. The lowest BCUT2D eigenvalue weighted by atomic mass is 9.75. The first-order valence-electron chi connectivity index (χ1n) is 21.3. The number of rotatable bonds is 34. The molecule has 5 atom stereocenters. The number of ether oxygens (including phenoxy) is 4. The second-order valence-electron chi connectivity index (χ2n) is 15.6. The SMILES string of the molecule is CCCCCCCCCCCCOC(=O)C(CC(C)C(=O)OCCOC(=O)CCCCCO)CC(CC(C#N)CC(C)(CC)C(=O)OCc1ccccc1)C(=O)O. The maximum Gasteiger partial charge on any atom is 0.312 e. The van der Waals surface area contributed by atoms with E-state index in [9.17, 15) is 34.3 Å². The van der Waals surface area contributed by atoms with Crippen LogP contribution in [0.15, 0.2) is 30.3 Å². The minimum absolute atomic E-state index is 0.0418. The fourth-order valence-electron chi connectivity index (χ4n) is 6.74. The minimum atomic E-state index is -1.19. The van der Waals surface area contributed by atoms with Crippen LogP contribution < -0.4 is 0 Å². The molecule has 0 aliphatic rings. The molecule has 0 aliphatic heterocycles. The van der Waals surface area contributed by atoms with Crippen LogP contribution >= 0.6 is 0 Å². The summed E-state index contributed by atoms with van der Waals surface area (Å²) in [5.74, 6) is -7.08. The number of aliphatic hydroxyl groups excluding tert-OH is 1. The number of benzene rings is 1. The predicted octanol–water partition coefficient (Wildman–Crippen LogP) is 8.90. The van der Waals surface area contributed by atoms with Crippen molar-refractivity contribution in [2.45, 2.75) is 156 Å². The van der Waals surface area contributed by atoms with Gasteiger partial charge in [0.05, 0.1) is 35.8 Å². The second kappa shape index (κ2) is 31.1. The normalized spacial score (nSPS) is 14.2. The van der Waals surface area contributed by atoms with Crippen molar-refractivity contribution in [1.29, 1.82) is 5.26 Å². The van der Waals surface area contributed by atoms with Crippen molar-refractivity contribution in [2.75, 3.05) is 26.4 Å². The average molecular weight is 802 g/mol. The fourth-order valence-corrected chi connectivity index (χ4v) is 6.74. The van der Waals surface area contributed by atoms with Gasteiger partial charge < -0.3 is 29.2 Å². The molecule has 12 nitrogen and oxygen atoms in total. The number of carbonyl (C=O) groups is 5. The molecule has 0 aromatic heterocycles. The number of hydrogen-bond acceptors (Lipinski definition) is 11. The molecule has 322 valence electrons. The van der Waals surface area contributed by atoms with Gasteiger partial charge in [0.15, 0.2) is 0 Å². The first kappa shape index (κ1) is 51.0. The molecule has 0 bridgehead atoms. The largest absolute Gasteiger partial charge is 0.481 e. The van der Waals surface area contributed by atoms with Crippen molar-refractivity contribution in [3.8, 4) is 6.07 Å². The lowest BCUT2D eigenvalue weighted by molar-refractivity contribution is -0.157. The van der Waals surface area contributed by atoms with Crippen molar-refractivity contribution in [1.82, 2.24) is 0 Å². The van der Waals surface area contributed by atoms with E-state index in [1.54, 1.807) is 13.8 Å². The van der Waals surface area contributed by atoms with Gasteiger partial charge >= 0.3 is 29.8 Å². The van der Waals surface area contributed by atoms with Crippen molar-refractivity contribution >= 4 is 29.8 Å². The van der Waals surface area contributed by atoms with E-state index < -0.39 is 58.9 Å². The van der Waals surface area contributed by atoms with Gasteiger partial charge in [0.1, 0.15) is 19.8 Å². The molecule has 12 heteroatoms. The van der Waals surface area contributed by atoms with Gasteiger partial charge in [-0.25, -0.2) is 0 Å². The highest BCUT2D eigenvalue weighted by Crippen LogP contribution is 2.36. The van der Waals surface area contributed by atoms with E-state index in [1.165, 1.54) is 38.5 Å². The zero-order chi connectivity index (χ0) is 42.3. The molecular formula is C45H71NO11. The van der Waals surface area contributed by atoms with E-state index >= 15 is 0 Å². The van der Waals surface area contributed by atoms with Crippen molar-refractivity contribution in [3.05, 3.63) is 35.9 Å². The van der Waals surface area contributed by atoms with Gasteiger partial charge in [-0.05, 0) is 63.9 Å². The Hall–Kier alpha value is -3.98. The molecule has 1 aromatic carbocycles. The zero-order valence-electron chi connectivity index (χ0n) is 35.2. The van der Waals surface area contributed by atoms with Crippen LogP contribution in [0, 0.1) is 40.4 Å². The van der Waals surface area contributed by atoms with Gasteiger partial charge in [-0.15, -0.1) is 0 Å². The summed E-state index contributed by atoms with van der Waals surface area (Å²) < 4.78 is 21.7. The Kier molecular flexibility index (Phi) is 27.8. The van der Waals surface area contributed by atoms with E-state index in [2.05, 4.69) is 13.0 Å². The Morgan fingerprint density at radius 3 is 1.91 bits per heavy atom. The molecule has 0 fully saturated rings. The number of nitriles is 1. The summed E-state index contributed by atoms with van der Waals surface area (Å²) in [5, 5.41) is 29.3. The molecule has 0 heterocycles. The van der Waals surface area contributed by atoms with Crippen LogP contribution in [0.5, 0.6) is 0 Å². The summed E-state index contributed by atoms with van der Waals surface area (Å²) in [7, 11) is 0. The molecule has 5 unspecified atom stereocenters. The van der Waals surface area contributed by atoms with Crippen LogP contribution in [0.3, 0.4) is 0 Å². The molecule has 0 radical (unpaired) electrons. The summed E-state index contributed by atoms with van der Waals surface area (Å²) in [6.07, 6.45) is 13.3. The second-order valence-corrected chi connectivity index (χ2v) is 15.6. The maximum atomic E-state index is 13.5. The monoisotopic (exact) mass is 802 g/mol. The number of carboxylic acid groups (broad SMARTS) is 1. The van der Waals surface area contributed by atoms with Gasteiger partial charge in [-0.3, -0.25) is 24.0 Å². The maximum absolute atomic E-state index is 13.5. The van der Waals surface area contributed by atoms with Crippen LogP contribution in [0.2, 0.25) is 0 Å². The Balaban J connectivity index is 2.91. The number of nitrogens with zero attached hydrogens (tertiary/aromatic N) is 1. The summed E-state index contributed by atoms with van der Waals surface area (Å²) in [4.78, 5) is 64.3. The Morgan fingerprint density at radius 2 is 1.32 bits per heavy atom. The molecule has 0 saturated heterocycles. The van der Waals surface area contributed by atoms with Crippen molar-refractivity contribution in [3.63, 3.8) is 0 Å². The summed E-state index contributed by atoms with van der Waals surface area (Å²) in [5.41, 5.74) is -0.223. The first-order valence-corrected chi connectivity index (χ1v) is 21.3. The zero-order valence-corrected chi connectivity index (χ0v) is 35.2. The van der Waals surface area contributed by atoms with Crippen LogP contribution in [0.1, 0.15) is 155 Å². The highest BCUT2D eigenvalue weighted by molar-refractivity contribution is 5.78. The lowest BCUT2D eigenvalue weighted by Gasteiger charge is -2.29. The Morgan fingerprint density at radius 1 is 0.719 bits per heavy atom. The number of aliphatic hydroxyl groups is 1. The smallest absolute Gasteiger partial charge is 0.312 e. The van der Waals surface area contributed by atoms with Crippen molar-refractivity contribution < 1.29 is 53.1 Å². The molecular weight excluding hydrogens is 730 g/mol. The Labute approximate surface area is 341 Å². The number of carbonyl (C=O) groups excluding carboxylic acids is 4. The third kappa shape index (κ3) is 23.1. The number of aliphatic carboxylic acids is 1. The van der Waals surface area contributed by atoms with E-state index in [-0.39, 0.29) is 65.1 Å². The third-order valence-corrected chi connectivity index (χ3v) is 10.6. The number of unbranched alkanes of at least 4 members (excludes halogenated alkanes) is 11. The number of esters is 4. The topological polar surface area (TPSA) is 187 Å². The highest BCUT2D eigenvalue weighted by Gasteiger charge is 2.39. The van der Waals surface area contributed by atoms with Crippen LogP contribution in [0.4, 0.5) is 0 Å². The standard InChI is InChI=1S/C45H71NO11/c1-5-7-8-9-10-11-12-13-14-21-26-55-43(52)39(29-35(3)42(51)56-28-27-54-40(48)24-19-16-20-25-47)31-38(41(49)50)30-37(33-46)32-45(4,6-2)44(53)57-34-36-22-17-15-18-23-36/h15,17-18,22-23,35,37-39,47H,5-14,16,19-21,24-32,34H2,1-4H3,(H,49,50). The molecule has 1 rings (SSSR count). The quantitative estimate of drug-likeness (QED) is 0.0383. The molecule has 57 heavy (non-hydrogen) atoms. The van der Waals surface area contributed by atoms with E-state index in [1.807, 2.05) is 37.3 Å². The van der Waals surface area contributed by atoms with E-state index in [0.717, 1.165) is 24.8 Å². The van der Waals surface area contributed by atoms with Gasteiger partial charge in [0, 0.05) is 18.9 Å². The third-order valence-electron chi connectivity index (χ3n) is 10.6. The lowest BCUT2D eigenvalue weighted by Crippen LogP contribution is -2.33. The molecule has 0 spiro atoms.